The fourth-order valence-electron chi connectivity index (χ4n) is 1.35. The highest BCUT2D eigenvalue weighted by molar-refractivity contribution is 9.11. The Morgan fingerprint density at radius 1 is 1.28 bits per heavy atom. The summed E-state index contributed by atoms with van der Waals surface area (Å²) in [6, 6.07) is 9.28. The summed E-state index contributed by atoms with van der Waals surface area (Å²) < 4.78 is 27.3. The van der Waals surface area contributed by atoms with E-state index in [2.05, 4.69) is 20.7 Å². The molecule has 7 heteroatoms. The molecule has 0 radical (unpaired) electrons. The lowest BCUT2D eigenvalue weighted by Gasteiger charge is -2.05. The van der Waals surface area contributed by atoms with E-state index in [9.17, 15) is 13.5 Å². The molecule has 0 bridgehead atoms. The Kier molecular flexibility index (Phi) is 4.06. The molecule has 2 rings (SSSR count). The molecule has 0 saturated carbocycles. The van der Waals surface area contributed by atoms with Crippen LogP contribution < -0.4 is 4.72 Å². The van der Waals surface area contributed by atoms with E-state index in [1.54, 1.807) is 0 Å². The molecule has 0 unspecified atom stereocenters. The number of nitrogens with one attached hydrogen (secondary N) is 1. The summed E-state index contributed by atoms with van der Waals surface area (Å²) in [6.07, 6.45) is 0. The Bertz CT molecular complexity index is 652. The predicted molar refractivity (Wildman–Crippen MR) is 74.2 cm³/mol. The zero-order chi connectivity index (χ0) is 13.2. The molecule has 0 aliphatic carbocycles. The largest absolute Gasteiger partial charge is 0.508 e. The third-order valence-electron chi connectivity index (χ3n) is 2.19. The van der Waals surface area contributed by atoms with E-state index in [0.717, 1.165) is 8.66 Å². The topological polar surface area (TPSA) is 66.4 Å². The van der Waals surface area contributed by atoms with Crippen molar-refractivity contribution in [3.8, 4) is 5.75 Å². The number of halogens is 1. The van der Waals surface area contributed by atoms with Crippen LogP contribution in [0.15, 0.2) is 45.1 Å². The highest BCUT2D eigenvalue weighted by Gasteiger charge is 2.14. The second-order valence-electron chi connectivity index (χ2n) is 3.53. The highest BCUT2D eigenvalue weighted by atomic mass is 79.9. The van der Waals surface area contributed by atoms with E-state index in [-0.39, 0.29) is 17.2 Å². The van der Waals surface area contributed by atoms with Crippen LogP contribution in [0.1, 0.15) is 4.88 Å². The Labute approximate surface area is 117 Å². The summed E-state index contributed by atoms with van der Waals surface area (Å²) in [5.41, 5.74) is 0. The fourth-order valence-corrected chi connectivity index (χ4v) is 3.91. The van der Waals surface area contributed by atoms with Gasteiger partial charge in [0.15, 0.2) is 0 Å². The minimum atomic E-state index is -3.59. The summed E-state index contributed by atoms with van der Waals surface area (Å²) in [7, 11) is -3.59. The minimum absolute atomic E-state index is 0.0538. The van der Waals surface area contributed by atoms with Crippen molar-refractivity contribution in [2.75, 3.05) is 0 Å². The molecule has 1 aromatic heterocycles. The summed E-state index contributed by atoms with van der Waals surface area (Å²) in [5, 5.41) is 9.27. The van der Waals surface area contributed by atoms with Crippen molar-refractivity contribution >= 4 is 37.3 Å². The third-order valence-corrected chi connectivity index (χ3v) is 5.22. The SMILES string of the molecule is O=S(=O)(NCc1ccc(Br)s1)c1cccc(O)c1. The maximum atomic E-state index is 11.9. The summed E-state index contributed by atoms with van der Waals surface area (Å²) in [4.78, 5) is 0.962. The van der Waals surface area contributed by atoms with Gasteiger partial charge in [0.05, 0.1) is 8.68 Å². The van der Waals surface area contributed by atoms with Crippen molar-refractivity contribution < 1.29 is 13.5 Å². The number of hydrogen-bond donors (Lipinski definition) is 2. The second kappa shape index (κ2) is 5.40. The lowest BCUT2D eigenvalue weighted by molar-refractivity contribution is 0.473. The summed E-state index contributed by atoms with van der Waals surface area (Å²) in [6.45, 7) is 0.230. The van der Waals surface area contributed by atoms with E-state index < -0.39 is 10.0 Å². The van der Waals surface area contributed by atoms with Crippen molar-refractivity contribution in [3.63, 3.8) is 0 Å². The summed E-state index contributed by atoms with van der Waals surface area (Å²) >= 11 is 4.78. The molecule has 1 heterocycles. The molecule has 4 nitrogen and oxygen atoms in total. The predicted octanol–water partition coefficient (Wildman–Crippen LogP) is 2.69. The van der Waals surface area contributed by atoms with Crippen LogP contribution in [0.4, 0.5) is 0 Å². The molecular weight excluding hydrogens is 338 g/mol. The molecule has 2 aromatic rings. The number of phenols is 1. The van der Waals surface area contributed by atoms with Gasteiger partial charge in [-0.3, -0.25) is 0 Å². The molecule has 0 fully saturated rings. The van der Waals surface area contributed by atoms with Crippen molar-refractivity contribution in [2.24, 2.45) is 0 Å². The second-order valence-corrected chi connectivity index (χ2v) is 7.84. The van der Waals surface area contributed by atoms with Gasteiger partial charge in [0.1, 0.15) is 5.75 Å². The van der Waals surface area contributed by atoms with E-state index in [4.69, 9.17) is 0 Å². The van der Waals surface area contributed by atoms with Crippen molar-refractivity contribution in [1.29, 1.82) is 0 Å². The number of aromatic hydroxyl groups is 1. The average molecular weight is 348 g/mol. The smallest absolute Gasteiger partial charge is 0.241 e. The standard InChI is InChI=1S/C11H10BrNO3S2/c12-11-5-4-9(17-11)7-13-18(15,16)10-3-1-2-8(14)6-10/h1-6,13-14H,7H2. The molecule has 18 heavy (non-hydrogen) atoms. The molecule has 0 saturated heterocycles. The van der Waals surface area contributed by atoms with Gasteiger partial charge in [-0.05, 0) is 46.3 Å². The van der Waals surface area contributed by atoms with Crippen molar-refractivity contribution in [3.05, 3.63) is 45.1 Å². The Morgan fingerprint density at radius 3 is 2.67 bits per heavy atom. The van der Waals surface area contributed by atoms with Crippen LogP contribution in [-0.2, 0) is 16.6 Å². The van der Waals surface area contributed by atoms with Gasteiger partial charge in [-0.25, -0.2) is 13.1 Å². The van der Waals surface area contributed by atoms with E-state index >= 15 is 0 Å². The summed E-state index contributed by atoms with van der Waals surface area (Å²) in [5.74, 6) is -0.0725. The fraction of sp³-hybridized carbons (Fsp3) is 0.0909. The number of thiophene rings is 1. The maximum absolute atomic E-state index is 11.9. The number of rotatable bonds is 4. The first-order chi connectivity index (χ1) is 8.47. The molecule has 0 aliphatic rings. The van der Waals surface area contributed by atoms with Crippen LogP contribution in [0.5, 0.6) is 5.75 Å². The first-order valence-electron chi connectivity index (χ1n) is 5.00. The van der Waals surface area contributed by atoms with Gasteiger partial charge >= 0.3 is 0 Å². The third kappa shape index (κ3) is 3.32. The van der Waals surface area contributed by atoms with E-state index in [0.29, 0.717) is 0 Å². The minimum Gasteiger partial charge on any atom is -0.508 e. The zero-order valence-corrected chi connectivity index (χ0v) is 12.3. The molecular formula is C11H10BrNO3S2. The molecule has 1 aromatic carbocycles. The normalized spacial score (nSPS) is 11.6. The van der Waals surface area contributed by atoms with Crippen LogP contribution in [0.25, 0.3) is 0 Å². The van der Waals surface area contributed by atoms with Crippen LogP contribution >= 0.6 is 27.3 Å². The van der Waals surface area contributed by atoms with E-state index in [1.807, 2.05) is 12.1 Å². The Balaban J connectivity index is 2.13. The van der Waals surface area contributed by atoms with Crippen LogP contribution in [0, 0.1) is 0 Å². The maximum Gasteiger partial charge on any atom is 0.241 e. The average Bonchev–Trinajstić information content (AvgIpc) is 2.73. The molecule has 0 amide bonds. The Morgan fingerprint density at radius 2 is 2.06 bits per heavy atom. The van der Waals surface area contributed by atoms with Gasteiger partial charge in [0, 0.05) is 11.4 Å². The molecule has 96 valence electrons. The lowest BCUT2D eigenvalue weighted by atomic mass is 10.3. The number of benzene rings is 1. The van der Waals surface area contributed by atoms with Gasteiger partial charge in [-0.15, -0.1) is 11.3 Å². The molecule has 2 N–H and O–H groups in total. The van der Waals surface area contributed by atoms with E-state index in [1.165, 1.54) is 35.6 Å². The Hall–Kier alpha value is -0.890. The first kappa shape index (κ1) is 13.5. The van der Waals surface area contributed by atoms with Crippen LogP contribution in [0.2, 0.25) is 0 Å². The van der Waals surface area contributed by atoms with Crippen molar-refractivity contribution in [1.82, 2.24) is 4.72 Å². The highest BCUT2D eigenvalue weighted by Crippen LogP contribution is 2.22. The molecule has 0 atom stereocenters. The number of phenolic OH excluding ortho intramolecular Hbond substituents is 1. The van der Waals surface area contributed by atoms with Gasteiger partial charge in [-0.2, -0.15) is 0 Å². The number of sulfonamides is 1. The lowest BCUT2D eigenvalue weighted by Crippen LogP contribution is -2.22. The monoisotopic (exact) mass is 347 g/mol. The first-order valence-corrected chi connectivity index (χ1v) is 8.09. The molecule has 0 aliphatic heterocycles. The van der Waals surface area contributed by atoms with Crippen molar-refractivity contribution in [2.45, 2.75) is 11.4 Å². The van der Waals surface area contributed by atoms with Crippen LogP contribution in [0.3, 0.4) is 0 Å². The van der Waals surface area contributed by atoms with Gasteiger partial charge < -0.3 is 5.11 Å². The zero-order valence-electron chi connectivity index (χ0n) is 9.13. The van der Waals surface area contributed by atoms with Gasteiger partial charge in [0.2, 0.25) is 10.0 Å². The van der Waals surface area contributed by atoms with Gasteiger partial charge in [-0.1, -0.05) is 6.07 Å². The molecule has 0 spiro atoms. The quantitative estimate of drug-likeness (QED) is 0.893. The van der Waals surface area contributed by atoms with Gasteiger partial charge in [0.25, 0.3) is 0 Å². The number of hydrogen-bond acceptors (Lipinski definition) is 4. The van der Waals surface area contributed by atoms with Crippen LogP contribution in [-0.4, -0.2) is 13.5 Å².